The van der Waals surface area contributed by atoms with Gasteiger partial charge in [-0.2, -0.15) is 5.10 Å². The lowest BCUT2D eigenvalue weighted by Crippen LogP contribution is -2.15. The molecular formula is C14H14ClF2N3O2. The van der Waals surface area contributed by atoms with Crippen LogP contribution in [0.2, 0.25) is 5.02 Å². The monoisotopic (exact) mass is 329 g/mol. The van der Waals surface area contributed by atoms with E-state index in [2.05, 4.69) is 10.4 Å². The Morgan fingerprint density at radius 2 is 2.18 bits per heavy atom. The number of nitrogens with one attached hydrogen (secondary N) is 1. The van der Waals surface area contributed by atoms with E-state index in [4.69, 9.17) is 16.3 Å². The van der Waals surface area contributed by atoms with Crippen LogP contribution in [0.25, 0.3) is 0 Å². The molecule has 2 rings (SSSR count). The van der Waals surface area contributed by atoms with Crippen LogP contribution in [0.15, 0.2) is 24.4 Å². The Kier molecular flexibility index (Phi) is 5.46. The Bertz CT molecular complexity index is 676. The Labute approximate surface area is 130 Å². The molecule has 1 N–H and O–H groups in total. The van der Waals surface area contributed by atoms with Gasteiger partial charge in [0.15, 0.2) is 11.6 Å². The number of amides is 1. The van der Waals surface area contributed by atoms with Gasteiger partial charge in [0.25, 0.3) is 5.91 Å². The number of carbonyl (C=O) groups is 1. The maximum absolute atomic E-state index is 13.8. The molecule has 0 aliphatic rings. The molecule has 1 aromatic carbocycles. The highest BCUT2D eigenvalue weighted by atomic mass is 35.5. The summed E-state index contributed by atoms with van der Waals surface area (Å²) < 4.78 is 33.4. The van der Waals surface area contributed by atoms with Crippen molar-refractivity contribution in [2.24, 2.45) is 0 Å². The maximum Gasteiger partial charge on any atom is 0.259 e. The predicted molar refractivity (Wildman–Crippen MR) is 78.0 cm³/mol. The number of hydrogen-bond acceptors (Lipinski definition) is 3. The van der Waals surface area contributed by atoms with E-state index in [0.717, 1.165) is 18.6 Å². The standard InChI is InChI=1S/C14H14ClF2N3O2/c1-22-8-2-6-20-7-5-11(19-20)18-14(21)9-3-4-10(16)12(15)13(9)17/h3-5,7H,2,6,8H2,1H3,(H,18,19,21). The number of ether oxygens (including phenoxy) is 1. The lowest BCUT2D eigenvalue weighted by atomic mass is 10.2. The minimum absolute atomic E-state index is 0.266. The number of halogens is 3. The van der Waals surface area contributed by atoms with Gasteiger partial charge < -0.3 is 10.1 Å². The summed E-state index contributed by atoms with van der Waals surface area (Å²) in [4.78, 5) is 12.0. The molecule has 22 heavy (non-hydrogen) atoms. The molecule has 118 valence electrons. The van der Waals surface area contributed by atoms with E-state index < -0.39 is 22.6 Å². The summed E-state index contributed by atoms with van der Waals surface area (Å²) in [6.07, 6.45) is 2.45. The zero-order chi connectivity index (χ0) is 16.1. The largest absolute Gasteiger partial charge is 0.385 e. The molecule has 2 aromatic rings. The predicted octanol–water partition coefficient (Wildman–Crippen LogP) is 3.10. The van der Waals surface area contributed by atoms with Crippen molar-refractivity contribution in [1.29, 1.82) is 0 Å². The number of aromatic nitrogens is 2. The van der Waals surface area contributed by atoms with Crippen LogP contribution >= 0.6 is 11.6 Å². The molecule has 0 radical (unpaired) electrons. The van der Waals surface area contributed by atoms with Crippen LogP contribution in [0.1, 0.15) is 16.8 Å². The molecule has 5 nitrogen and oxygen atoms in total. The maximum atomic E-state index is 13.8. The molecule has 0 aliphatic carbocycles. The minimum atomic E-state index is -1.10. The van der Waals surface area contributed by atoms with Crippen LogP contribution in [0.4, 0.5) is 14.6 Å². The van der Waals surface area contributed by atoms with E-state index in [0.29, 0.717) is 13.2 Å². The molecule has 0 saturated heterocycles. The van der Waals surface area contributed by atoms with Gasteiger partial charge in [-0.25, -0.2) is 8.78 Å². The molecule has 1 heterocycles. The number of methoxy groups -OCH3 is 1. The van der Waals surface area contributed by atoms with Gasteiger partial charge in [0.1, 0.15) is 10.8 Å². The molecule has 0 atom stereocenters. The number of anilines is 1. The van der Waals surface area contributed by atoms with Crippen LogP contribution in [-0.4, -0.2) is 29.4 Å². The lowest BCUT2D eigenvalue weighted by Gasteiger charge is -2.05. The first-order valence-corrected chi connectivity index (χ1v) is 6.88. The second-order valence-electron chi connectivity index (χ2n) is 4.49. The molecule has 0 spiro atoms. The summed E-state index contributed by atoms with van der Waals surface area (Å²) in [6.45, 7) is 1.22. The molecule has 8 heteroatoms. The molecule has 1 aromatic heterocycles. The summed E-state index contributed by atoms with van der Waals surface area (Å²) in [5.41, 5.74) is -0.347. The Balaban J connectivity index is 2.05. The van der Waals surface area contributed by atoms with Crippen molar-refractivity contribution in [3.8, 4) is 0 Å². The van der Waals surface area contributed by atoms with Crippen LogP contribution in [0, 0.1) is 11.6 Å². The zero-order valence-electron chi connectivity index (χ0n) is 11.8. The normalized spacial score (nSPS) is 10.7. The average molecular weight is 330 g/mol. The Morgan fingerprint density at radius 3 is 2.91 bits per heavy atom. The summed E-state index contributed by atoms with van der Waals surface area (Å²) in [6, 6.07) is 3.54. The third-order valence-electron chi connectivity index (χ3n) is 2.90. The minimum Gasteiger partial charge on any atom is -0.385 e. The highest BCUT2D eigenvalue weighted by Crippen LogP contribution is 2.22. The van der Waals surface area contributed by atoms with Gasteiger partial charge in [0.05, 0.1) is 5.56 Å². The summed E-state index contributed by atoms with van der Waals surface area (Å²) >= 11 is 5.44. The number of carbonyl (C=O) groups excluding carboxylic acids is 1. The fraction of sp³-hybridized carbons (Fsp3) is 0.286. The molecule has 1 amide bonds. The van der Waals surface area contributed by atoms with Crippen molar-refractivity contribution in [2.45, 2.75) is 13.0 Å². The zero-order valence-corrected chi connectivity index (χ0v) is 12.5. The first kappa shape index (κ1) is 16.4. The molecule has 0 aliphatic heterocycles. The SMILES string of the molecule is COCCCn1ccc(NC(=O)c2ccc(F)c(Cl)c2F)n1. The third kappa shape index (κ3) is 3.80. The summed E-state index contributed by atoms with van der Waals surface area (Å²) in [7, 11) is 1.61. The van der Waals surface area contributed by atoms with Crippen LogP contribution in [0.3, 0.4) is 0 Å². The van der Waals surface area contributed by atoms with Gasteiger partial charge >= 0.3 is 0 Å². The number of benzene rings is 1. The van der Waals surface area contributed by atoms with Crippen LogP contribution < -0.4 is 5.32 Å². The van der Waals surface area contributed by atoms with E-state index in [1.165, 1.54) is 0 Å². The van der Waals surface area contributed by atoms with Crippen molar-refractivity contribution in [2.75, 3.05) is 19.0 Å². The number of aryl methyl sites for hydroxylation is 1. The number of hydrogen-bond donors (Lipinski definition) is 1. The van der Waals surface area contributed by atoms with E-state index in [1.54, 1.807) is 24.1 Å². The Morgan fingerprint density at radius 1 is 1.41 bits per heavy atom. The first-order valence-electron chi connectivity index (χ1n) is 6.50. The van der Waals surface area contributed by atoms with Gasteiger partial charge in [-0.3, -0.25) is 9.48 Å². The molecule has 0 saturated carbocycles. The van der Waals surface area contributed by atoms with Crippen molar-refractivity contribution < 1.29 is 18.3 Å². The van der Waals surface area contributed by atoms with Gasteiger partial charge in [-0.05, 0) is 18.6 Å². The first-order chi connectivity index (χ1) is 10.5. The summed E-state index contributed by atoms with van der Waals surface area (Å²) in [5, 5.41) is 5.84. The van der Waals surface area contributed by atoms with Gasteiger partial charge in [-0.1, -0.05) is 11.6 Å². The molecule has 0 unspecified atom stereocenters. The fourth-order valence-corrected chi connectivity index (χ4v) is 1.97. The quantitative estimate of drug-likeness (QED) is 0.654. The van der Waals surface area contributed by atoms with E-state index in [-0.39, 0.29) is 11.4 Å². The van der Waals surface area contributed by atoms with E-state index in [9.17, 15) is 13.6 Å². The second kappa shape index (κ2) is 7.33. The van der Waals surface area contributed by atoms with Crippen LogP contribution in [0.5, 0.6) is 0 Å². The molecule has 0 bridgehead atoms. The summed E-state index contributed by atoms with van der Waals surface area (Å²) in [5.74, 6) is -2.50. The topological polar surface area (TPSA) is 56.1 Å². The third-order valence-corrected chi connectivity index (χ3v) is 3.24. The number of rotatable bonds is 6. The average Bonchev–Trinajstić information content (AvgIpc) is 2.92. The highest BCUT2D eigenvalue weighted by Gasteiger charge is 2.18. The van der Waals surface area contributed by atoms with Crippen LogP contribution in [-0.2, 0) is 11.3 Å². The molecular weight excluding hydrogens is 316 g/mol. The molecule has 0 fully saturated rings. The highest BCUT2D eigenvalue weighted by molar-refractivity contribution is 6.31. The van der Waals surface area contributed by atoms with Crippen molar-refractivity contribution in [1.82, 2.24) is 9.78 Å². The fourth-order valence-electron chi connectivity index (χ4n) is 1.81. The van der Waals surface area contributed by atoms with E-state index >= 15 is 0 Å². The van der Waals surface area contributed by atoms with Gasteiger partial charge in [0.2, 0.25) is 0 Å². The van der Waals surface area contributed by atoms with Gasteiger partial charge in [-0.15, -0.1) is 0 Å². The number of nitrogens with zero attached hydrogens (tertiary/aromatic N) is 2. The van der Waals surface area contributed by atoms with Crippen molar-refractivity contribution >= 4 is 23.3 Å². The smallest absolute Gasteiger partial charge is 0.259 e. The van der Waals surface area contributed by atoms with Crippen molar-refractivity contribution in [3.63, 3.8) is 0 Å². The van der Waals surface area contributed by atoms with Gasteiger partial charge in [0, 0.05) is 32.5 Å². The second-order valence-corrected chi connectivity index (χ2v) is 4.87. The van der Waals surface area contributed by atoms with Crippen molar-refractivity contribution in [3.05, 3.63) is 46.6 Å². The lowest BCUT2D eigenvalue weighted by molar-refractivity contribution is 0.102. The Hall–Kier alpha value is -1.99. The van der Waals surface area contributed by atoms with E-state index in [1.807, 2.05) is 0 Å².